The molecule has 2 aliphatic rings. The molecule has 0 bridgehead atoms. The molecule has 1 saturated carbocycles. The summed E-state index contributed by atoms with van der Waals surface area (Å²) in [6, 6.07) is 4.00. The van der Waals surface area contributed by atoms with Gasteiger partial charge in [-0.05, 0) is 49.4 Å². The first kappa shape index (κ1) is 21.7. The minimum Gasteiger partial charge on any atom is -0.365 e. The Hall–Kier alpha value is -3.86. The van der Waals surface area contributed by atoms with Crippen LogP contribution in [0.4, 0.5) is 30.6 Å². The summed E-state index contributed by atoms with van der Waals surface area (Å²) in [6.45, 7) is 1.79. The standard InChI is InChI=1S/C24H21F3N8/c25-16-8-17(26)23(34-21(16)27)33-19-7-13(3-6-30-19)22-32-18-11-29-10-15(12-1-2-12)20(18)24(35-22)31-14-4-5-28-9-14/h3,6-8,10-12,14,28H,1-2,4-5,9H2,(H,30,33,34)(H,31,32,35)/t14-/m1/s1. The maximum Gasteiger partial charge on any atom is 0.251 e. The van der Waals surface area contributed by atoms with Gasteiger partial charge in [-0.15, -0.1) is 0 Å². The molecule has 3 N–H and O–H groups in total. The van der Waals surface area contributed by atoms with Crippen molar-refractivity contribution < 1.29 is 13.2 Å². The highest BCUT2D eigenvalue weighted by Gasteiger charge is 2.28. The molecule has 0 radical (unpaired) electrons. The first-order chi connectivity index (χ1) is 17.0. The van der Waals surface area contributed by atoms with Crippen molar-refractivity contribution in [3.63, 3.8) is 0 Å². The Morgan fingerprint density at radius 2 is 1.83 bits per heavy atom. The van der Waals surface area contributed by atoms with Gasteiger partial charge in [0, 0.05) is 42.0 Å². The van der Waals surface area contributed by atoms with Gasteiger partial charge in [0.1, 0.15) is 11.6 Å². The van der Waals surface area contributed by atoms with Gasteiger partial charge in [0.05, 0.1) is 11.7 Å². The largest absolute Gasteiger partial charge is 0.365 e. The summed E-state index contributed by atoms with van der Waals surface area (Å²) in [5, 5.41) is 10.5. The molecule has 0 unspecified atom stereocenters. The third-order valence-electron chi connectivity index (χ3n) is 6.21. The van der Waals surface area contributed by atoms with Crippen molar-refractivity contribution in [2.45, 2.75) is 31.2 Å². The fourth-order valence-corrected chi connectivity index (χ4v) is 4.31. The van der Waals surface area contributed by atoms with Gasteiger partial charge in [-0.25, -0.2) is 23.7 Å². The van der Waals surface area contributed by atoms with Crippen LogP contribution >= 0.6 is 0 Å². The maximum atomic E-state index is 14.1. The molecule has 35 heavy (non-hydrogen) atoms. The lowest BCUT2D eigenvalue weighted by Gasteiger charge is -2.17. The van der Waals surface area contributed by atoms with E-state index in [0.29, 0.717) is 23.4 Å². The maximum absolute atomic E-state index is 14.1. The molecule has 4 aromatic rings. The zero-order chi connectivity index (χ0) is 23.9. The van der Waals surface area contributed by atoms with E-state index in [4.69, 9.17) is 9.97 Å². The van der Waals surface area contributed by atoms with Crippen LogP contribution in [0.1, 0.15) is 30.7 Å². The van der Waals surface area contributed by atoms with Gasteiger partial charge in [-0.2, -0.15) is 9.37 Å². The molecule has 4 aromatic heterocycles. The lowest BCUT2D eigenvalue weighted by molar-refractivity contribution is 0.467. The fraction of sp³-hybridized carbons (Fsp3) is 0.292. The number of rotatable bonds is 6. The molecule has 1 saturated heterocycles. The summed E-state index contributed by atoms with van der Waals surface area (Å²) in [6.07, 6.45) is 8.36. The molecule has 0 spiro atoms. The van der Waals surface area contributed by atoms with E-state index in [1.807, 2.05) is 6.20 Å². The summed E-state index contributed by atoms with van der Waals surface area (Å²) in [5.41, 5.74) is 2.49. The number of halogens is 3. The molecule has 1 aliphatic heterocycles. The van der Waals surface area contributed by atoms with E-state index in [1.54, 1.807) is 18.3 Å². The van der Waals surface area contributed by atoms with Crippen molar-refractivity contribution in [3.8, 4) is 11.4 Å². The van der Waals surface area contributed by atoms with Gasteiger partial charge >= 0.3 is 0 Å². The highest BCUT2D eigenvalue weighted by molar-refractivity contribution is 5.93. The SMILES string of the molecule is Fc1cc(F)c(Nc2cc(-c3nc(N[C@@H]4CCNC4)c4c(C5CC5)cncc4n3)ccn2)nc1F. The number of aromatic nitrogens is 5. The van der Waals surface area contributed by atoms with E-state index in [1.165, 1.54) is 6.20 Å². The molecule has 5 heterocycles. The van der Waals surface area contributed by atoms with Crippen molar-refractivity contribution in [1.29, 1.82) is 0 Å². The number of nitrogens with one attached hydrogen (secondary N) is 3. The molecule has 2 fully saturated rings. The van der Waals surface area contributed by atoms with E-state index in [2.05, 4.69) is 30.9 Å². The molecule has 0 aromatic carbocycles. The van der Waals surface area contributed by atoms with Crippen molar-refractivity contribution in [2.75, 3.05) is 23.7 Å². The average Bonchev–Trinajstić information content (AvgIpc) is 3.58. The number of nitrogens with zero attached hydrogens (tertiary/aromatic N) is 5. The number of fused-ring (bicyclic) bond motifs is 1. The summed E-state index contributed by atoms with van der Waals surface area (Å²) >= 11 is 0. The minimum absolute atomic E-state index is 0.183. The van der Waals surface area contributed by atoms with Crippen LogP contribution < -0.4 is 16.0 Å². The van der Waals surface area contributed by atoms with Crippen molar-refractivity contribution in [1.82, 2.24) is 30.2 Å². The number of anilines is 3. The Bertz CT molecular complexity index is 1420. The Morgan fingerprint density at radius 1 is 0.943 bits per heavy atom. The van der Waals surface area contributed by atoms with Crippen LogP contribution in [-0.2, 0) is 0 Å². The second-order valence-electron chi connectivity index (χ2n) is 8.77. The van der Waals surface area contributed by atoms with Gasteiger partial charge in [0.15, 0.2) is 23.3 Å². The summed E-state index contributed by atoms with van der Waals surface area (Å²) < 4.78 is 40.8. The van der Waals surface area contributed by atoms with Crippen molar-refractivity contribution >= 4 is 28.4 Å². The third kappa shape index (κ3) is 4.34. The number of pyridine rings is 3. The molecule has 6 rings (SSSR count). The predicted octanol–water partition coefficient (Wildman–Crippen LogP) is 4.29. The Balaban J connectivity index is 1.40. The van der Waals surface area contributed by atoms with Crippen molar-refractivity contribution in [3.05, 3.63) is 59.9 Å². The molecule has 1 aliphatic carbocycles. The smallest absolute Gasteiger partial charge is 0.251 e. The third-order valence-corrected chi connectivity index (χ3v) is 6.21. The van der Waals surface area contributed by atoms with E-state index >= 15 is 0 Å². The fourth-order valence-electron chi connectivity index (χ4n) is 4.31. The van der Waals surface area contributed by atoms with Gasteiger partial charge in [0.2, 0.25) is 0 Å². The topological polar surface area (TPSA) is 101 Å². The quantitative estimate of drug-likeness (QED) is 0.353. The van der Waals surface area contributed by atoms with Gasteiger partial charge < -0.3 is 16.0 Å². The van der Waals surface area contributed by atoms with Crippen LogP contribution in [0.25, 0.3) is 22.3 Å². The first-order valence-corrected chi connectivity index (χ1v) is 11.4. The summed E-state index contributed by atoms with van der Waals surface area (Å²) in [5.74, 6) is -2.43. The predicted molar refractivity (Wildman–Crippen MR) is 125 cm³/mol. The van der Waals surface area contributed by atoms with E-state index < -0.39 is 23.4 Å². The first-order valence-electron chi connectivity index (χ1n) is 11.4. The molecule has 8 nitrogen and oxygen atoms in total. The molecule has 1 atom stereocenters. The minimum atomic E-state index is -1.40. The van der Waals surface area contributed by atoms with Crippen molar-refractivity contribution in [2.24, 2.45) is 0 Å². The molecule has 178 valence electrons. The molecular weight excluding hydrogens is 457 g/mol. The molecule has 0 amide bonds. The Morgan fingerprint density at radius 3 is 2.63 bits per heavy atom. The van der Waals surface area contributed by atoms with Gasteiger partial charge in [0.25, 0.3) is 5.95 Å². The van der Waals surface area contributed by atoms with Gasteiger partial charge in [-0.1, -0.05) is 0 Å². The van der Waals surface area contributed by atoms with Crippen LogP contribution in [0.5, 0.6) is 0 Å². The van der Waals surface area contributed by atoms with E-state index in [0.717, 1.165) is 54.6 Å². The lowest BCUT2D eigenvalue weighted by atomic mass is 10.1. The highest BCUT2D eigenvalue weighted by Crippen LogP contribution is 2.44. The molecular formula is C24H21F3N8. The molecule has 11 heteroatoms. The Labute approximate surface area is 198 Å². The van der Waals surface area contributed by atoms with E-state index in [9.17, 15) is 13.2 Å². The average molecular weight is 478 g/mol. The number of hydrogen-bond acceptors (Lipinski definition) is 8. The number of hydrogen-bond donors (Lipinski definition) is 3. The van der Waals surface area contributed by atoms with Crippen LogP contribution in [0, 0.1) is 17.6 Å². The zero-order valence-corrected chi connectivity index (χ0v) is 18.5. The van der Waals surface area contributed by atoms with Crippen LogP contribution in [0.15, 0.2) is 36.8 Å². The van der Waals surface area contributed by atoms with E-state index in [-0.39, 0.29) is 11.9 Å². The Kier molecular flexibility index (Phi) is 5.40. The highest BCUT2D eigenvalue weighted by atomic mass is 19.2. The zero-order valence-electron chi connectivity index (χ0n) is 18.5. The van der Waals surface area contributed by atoms with Crippen LogP contribution in [0.2, 0.25) is 0 Å². The lowest BCUT2D eigenvalue weighted by Crippen LogP contribution is -2.23. The van der Waals surface area contributed by atoms with Gasteiger partial charge in [-0.3, -0.25) is 4.98 Å². The second kappa shape index (κ2) is 8.73. The monoisotopic (exact) mass is 478 g/mol. The normalized spacial score (nSPS) is 17.6. The summed E-state index contributed by atoms with van der Waals surface area (Å²) in [4.78, 5) is 21.5. The van der Waals surface area contributed by atoms with Crippen LogP contribution in [0.3, 0.4) is 0 Å². The second-order valence-corrected chi connectivity index (χ2v) is 8.77. The van der Waals surface area contributed by atoms with Crippen LogP contribution in [-0.4, -0.2) is 44.1 Å². The summed E-state index contributed by atoms with van der Waals surface area (Å²) in [7, 11) is 0.